The van der Waals surface area contributed by atoms with Gasteiger partial charge in [-0.15, -0.1) is 11.3 Å². The van der Waals surface area contributed by atoms with Crippen molar-refractivity contribution in [3.8, 4) is 0 Å². The molecule has 2 fully saturated rings. The van der Waals surface area contributed by atoms with Gasteiger partial charge in [-0.2, -0.15) is 0 Å². The number of hydrogen-bond acceptors (Lipinski definition) is 5. The summed E-state index contributed by atoms with van der Waals surface area (Å²) in [6, 6.07) is 3.35. The molecule has 18 heavy (non-hydrogen) atoms. The van der Waals surface area contributed by atoms with E-state index in [4.69, 9.17) is 10.5 Å². The van der Waals surface area contributed by atoms with Crippen LogP contribution in [0.5, 0.6) is 0 Å². The van der Waals surface area contributed by atoms with E-state index in [1.165, 1.54) is 31.3 Å². The number of methoxy groups -OCH3 is 1. The van der Waals surface area contributed by atoms with Gasteiger partial charge in [-0.25, -0.2) is 4.79 Å². The van der Waals surface area contributed by atoms with Gasteiger partial charge in [0.25, 0.3) is 0 Å². The Morgan fingerprint density at radius 3 is 2.72 bits per heavy atom. The van der Waals surface area contributed by atoms with E-state index in [-0.39, 0.29) is 5.97 Å². The largest absolute Gasteiger partial charge is 0.465 e. The number of fused-ring (bicyclic) bond motifs is 2. The standard InChI is InChI=1S/C13H18N2O2S/c1-17-13(16)12-11(4-5-18-12)15-9-2-3-10(15)7-8(14)6-9/h4-5,8-10H,2-3,6-7,14H2,1H3. The van der Waals surface area contributed by atoms with Crippen molar-refractivity contribution in [1.82, 2.24) is 0 Å². The van der Waals surface area contributed by atoms with Gasteiger partial charge in [-0.3, -0.25) is 0 Å². The first-order valence-electron chi connectivity index (χ1n) is 6.40. The quantitative estimate of drug-likeness (QED) is 0.832. The summed E-state index contributed by atoms with van der Waals surface area (Å²) in [5.74, 6) is -0.228. The predicted octanol–water partition coefficient (Wildman–Crippen LogP) is 1.99. The summed E-state index contributed by atoms with van der Waals surface area (Å²) in [5, 5.41) is 1.97. The minimum absolute atomic E-state index is 0.228. The molecular weight excluding hydrogens is 248 g/mol. The maximum absolute atomic E-state index is 11.8. The van der Waals surface area contributed by atoms with Crippen molar-refractivity contribution >= 4 is 23.0 Å². The summed E-state index contributed by atoms with van der Waals surface area (Å²) in [6.45, 7) is 0. The first-order valence-corrected chi connectivity index (χ1v) is 7.28. The van der Waals surface area contributed by atoms with Crippen LogP contribution < -0.4 is 10.6 Å². The van der Waals surface area contributed by atoms with E-state index in [2.05, 4.69) is 4.90 Å². The number of esters is 1. The zero-order valence-corrected chi connectivity index (χ0v) is 11.3. The summed E-state index contributed by atoms with van der Waals surface area (Å²) < 4.78 is 4.86. The lowest BCUT2D eigenvalue weighted by Gasteiger charge is -2.39. The fraction of sp³-hybridized carbons (Fsp3) is 0.615. The fourth-order valence-electron chi connectivity index (χ4n) is 3.36. The summed E-state index contributed by atoms with van der Waals surface area (Å²) in [6.07, 6.45) is 4.45. The normalized spacial score (nSPS) is 30.6. The highest BCUT2D eigenvalue weighted by atomic mass is 32.1. The first kappa shape index (κ1) is 12.0. The molecule has 2 atom stereocenters. The van der Waals surface area contributed by atoms with Gasteiger partial charge in [0, 0.05) is 18.1 Å². The number of carbonyl (C=O) groups is 1. The van der Waals surface area contributed by atoms with Crippen LogP contribution >= 0.6 is 11.3 Å². The Morgan fingerprint density at radius 1 is 1.44 bits per heavy atom. The molecule has 0 spiro atoms. The number of ether oxygens (including phenoxy) is 1. The van der Waals surface area contributed by atoms with Crippen LogP contribution in [0.1, 0.15) is 35.4 Å². The highest BCUT2D eigenvalue weighted by molar-refractivity contribution is 7.12. The molecule has 0 aromatic carbocycles. The highest BCUT2D eigenvalue weighted by Crippen LogP contribution is 2.41. The fourth-order valence-corrected chi connectivity index (χ4v) is 4.17. The number of nitrogens with zero attached hydrogens (tertiary/aromatic N) is 1. The molecular formula is C13H18N2O2S. The van der Waals surface area contributed by atoms with E-state index in [9.17, 15) is 4.79 Å². The van der Waals surface area contributed by atoms with Crippen LogP contribution in [0.2, 0.25) is 0 Å². The number of piperidine rings is 1. The van der Waals surface area contributed by atoms with E-state index in [0.717, 1.165) is 23.4 Å². The third-order valence-electron chi connectivity index (χ3n) is 4.06. The third kappa shape index (κ3) is 1.82. The van der Waals surface area contributed by atoms with Gasteiger partial charge in [0.2, 0.25) is 0 Å². The van der Waals surface area contributed by atoms with Crippen LogP contribution in [0.25, 0.3) is 0 Å². The summed E-state index contributed by atoms with van der Waals surface area (Å²) in [5.41, 5.74) is 7.13. The van der Waals surface area contributed by atoms with Gasteiger partial charge < -0.3 is 15.4 Å². The zero-order valence-electron chi connectivity index (χ0n) is 10.5. The molecule has 0 radical (unpaired) electrons. The molecule has 2 aliphatic heterocycles. The summed E-state index contributed by atoms with van der Waals surface area (Å²) >= 11 is 1.46. The van der Waals surface area contributed by atoms with Crippen molar-refractivity contribution in [2.24, 2.45) is 5.73 Å². The maximum Gasteiger partial charge on any atom is 0.350 e. The minimum atomic E-state index is -0.228. The lowest BCUT2D eigenvalue weighted by atomic mass is 9.97. The van der Waals surface area contributed by atoms with Gasteiger partial charge in [0.1, 0.15) is 4.88 Å². The third-order valence-corrected chi connectivity index (χ3v) is 4.95. The second-order valence-corrected chi connectivity index (χ2v) is 6.07. The Balaban J connectivity index is 1.92. The predicted molar refractivity (Wildman–Crippen MR) is 72.2 cm³/mol. The van der Waals surface area contributed by atoms with Crippen molar-refractivity contribution in [2.75, 3.05) is 12.0 Å². The topological polar surface area (TPSA) is 55.6 Å². The Kier molecular flexibility index (Phi) is 3.03. The second-order valence-electron chi connectivity index (χ2n) is 5.15. The molecule has 2 unspecified atom stereocenters. The van der Waals surface area contributed by atoms with E-state index in [0.29, 0.717) is 18.1 Å². The molecule has 0 aliphatic carbocycles. The number of rotatable bonds is 2. The molecule has 0 saturated carbocycles. The van der Waals surface area contributed by atoms with Gasteiger partial charge in [0.05, 0.1) is 12.8 Å². The van der Waals surface area contributed by atoms with Crippen molar-refractivity contribution in [2.45, 2.75) is 43.8 Å². The Hall–Kier alpha value is -1.07. The van der Waals surface area contributed by atoms with Gasteiger partial charge in [0.15, 0.2) is 0 Å². The molecule has 2 bridgehead atoms. The van der Waals surface area contributed by atoms with E-state index in [1.54, 1.807) is 0 Å². The highest BCUT2D eigenvalue weighted by Gasteiger charge is 2.41. The Labute approximate surface area is 111 Å². The molecule has 2 N–H and O–H groups in total. The van der Waals surface area contributed by atoms with E-state index in [1.807, 2.05) is 11.4 Å². The van der Waals surface area contributed by atoms with Crippen molar-refractivity contribution in [3.05, 3.63) is 16.3 Å². The van der Waals surface area contributed by atoms with Crippen LogP contribution in [0, 0.1) is 0 Å². The van der Waals surface area contributed by atoms with Gasteiger partial charge in [-0.1, -0.05) is 0 Å². The molecule has 2 saturated heterocycles. The van der Waals surface area contributed by atoms with E-state index < -0.39 is 0 Å². The van der Waals surface area contributed by atoms with Crippen molar-refractivity contribution in [3.63, 3.8) is 0 Å². The zero-order chi connectivity index (χ0) is 12.7. The molecule has 5 heteroatoms. The van der Waals surface area contributed by atoms with Crippen molar-refractivity contribution < 1.29 is 9.53 Å². The first-order chi connectivity index (χ1) is 8.70. The average Bonchev–Trinajstić information content (AvgIpc) is 2.91. The van der Waals surface area contributed by atoms with Gasteiger partial charge in [-0.05, 0) is 37.1 Å². The molecule has 2 aliphatic rings. The Bertz CT molecular complexity index is 446. The van der Waals surface area contributed by atoms with Crippen LogP contribution in [-0.4, -0.2) is 31.2 Å². The number of anilines is 1. The Morgan fingerprint density at radius 2 is 2.11 bits per heavy atom. The SMILES string of the molecule is COC(=O)c1sccc1N1C2CCC1CC(N)C2. The summed E-state index contributed by atoms with van der Waals surface area (Å²) in [4.78, 5) is 14.9. The molecule has 3 rings (SSSR count). The molecule has 0 amide bonds. The molecule has 3 heterocycles. The van der Waals surface area contributed by atoms with Gasteiger partial charge >= 0.3 is 5.97 Å². The minimum Gasteiger partial charge on any atom is -0.465 e. The monoisotopic (exact) mass is 266 g/mol. The number of carbonyl (C=O) groups excluding carboxylic acids is 1. The molecule has 4 nitrogen and oxygen atoms in total. The second kappa shape index (κ2) is 4.55. The lowest BCUT2D eigenvalue weighted by Crippen LogP contribution is -2.47. The van der Waals surface area contributed by atoms with E-state index >= 15 is 0 Å². The number of hydrogen-bond donors (Lipinski definition) is 1. The van der Waals surface area contributed by atoms with Crippen molar-refractivity contribution in [1.29, 1.82) is 0 Å². The van der Waals surface area contributed by atoms with Crippen LogP contribution in [0.4, 0.5) is 5.69 Å². The number of nitrogens with two attached hydrogens (primary N) is 1. The molecule has 1 aromatic heterocycles. The molecule has 98 valence electrons. The lowest BCUT2D eigenvalue weighted by molar-refractivity contribution is 0.0607. The number of thiophene rings is 1. The molecule has 1 aromatic rings. The van der Waals surface area contributed by atoms with Crippen LogP contribution in [-0.2, 0) is 4.74 Å². The van der Waals surface area contributed by atoms with Crippen LogP contribution in [0.3, 0.4) is 0 Å². The van der Waals surface area contributed by atoms with Crippen LogP contribution in [0.15, 0.2) is 11.4 Å². The smallest absolute Gasteiger partial charge is 0.350 e. The summed E-state index contributed by atoms with van der Waals surface area (Å²) in [7, 11) is 1.44. The maximum atomic E-state index is 11.8. The average molecular weight is 266 g/mol.